The molecule has 0 spiro atoms. The molecular formula is C24H21N3O4S. The standard InChI is InChI=1S/C24H21N3O4S/c28-23(14-19-15-25-22-12-5-4-11-21(19)22)26-27-24(29)18-8-6-7-17(13-18)16-32(30,31)20-9-2-1-3-10-20/h1-13,15,25H,14,16H2,(H,26,28)(H,27,29). The van der Waals surface area contributed by atoms with Gasteiger partial charge in [0.25, 0.3) is 5.91 Å². The molecule has 0 fully saturated rings. The number of carbonyl (C=O) groups is 2. The van der Waals surface area contributed by atoms with Gasteiger partial charge in [0.1, 0.15) is 0 Å². The van der Waals surface area contributed by atoms with E-state index in [1.165, 1.54) is 18.2 Å². The molecule has 162 valence electrons. The van der Waals surface area contributed by atoms with Crippen molar-refractivity contribution in [3.63, 3.8) is 0 Å². The van der Waals surface area contributed by atoms with E-state index in [2.05, 4.69) is 15.8 Å². The number of amides is 2. The van der Waals surface area contributed by atoms with Crippen LogP contribution in [0.15, 0.2) is 90.0 Å². The van der Waals surface area contributed by atoms with Crippen molar-refractivity contribution < 1.29 is 18.0 Å². The van der Waals surface area contributed by atoms with Gasteiger partial charge in [0.05, 0.1) is 17.1 Å². The van der Waals surface area contributed by atoms with E-state index in [0.29, 0.717) is 5.56 Å². The van der Waals surface area contributed by atoms with Crippen LogP contribution in [0.1, 0.15) is 21.5 Å². The molecule has 1 heterocycles. The zero-order valence-electron chi connectivity index (χ0n) is 17.0. The van der Waals surface area contributed by atoms with Crippen LogP contribution in [0, 0.1) is 0 Å². The first-order valence-corrected chi connectivity index (χ1v) is 11.6. The summed E-state index contributed by atoms with van der Waals surface area (Å²) >= 11 is 0. The van der Waals surface area contributed by atoms with Gasteiger partial charge in [-0.05, 0) is 41.5 Å². The monoisotopic (exact) mass is 447 g/mol. The summed E-state index contributed by atoms with van der Waals surface area (Å²) in [5.74, 6) is -1.13. The third-order valence-electron chi connectivity index (χ3n) is 4.99. The van der Waals surface area contributed by atoms with Crippen LogP contribution in [0.2, 0.25) is 0 Å². The summed E-state index contributed by atoms with van der Waals surface area (Å²) in [4.78, 5) is 28.1. The summed E-state index contributed by atoms with van der Waals surface area (Å²) in [6.45, 7) is 0. The second-order valence-corrected chi connectivity index (χ2v) is 9.30. The molecule has 8 heteroatoms. The van der Waals surface area contributed by atoms with Crippen LogP contribution < -0.4 is 10.9 Å². The van der Waals surface area contributed by atoms with Crippen LogP contribution in [-0.4, -0.2) is 25.2 Å². The van der Waals surface area contributed by atoms with Gasteiger partial charge in [0.2, 0.25) is 5.91 Å². The van der Waals surface area contributed by atoms with Crippen molar-refractivity contribution >= 4 is 32.6 Å². The third kappa shape index (κ3) is 4.87. The number of fused-ring (bicyclic) bond motifs is 1. The lowest BCUT2D eigenvalue weighted by molar-refractivity contribution is -0.121. The number of rotatable bonds is 6. The Hall–Kier alpha value is -3.91. The smallest absolute Gasteiger partial charge is 0.269 e. The highest BCUT2D eigenvalue weighted by molar-refractivity contribution is 7.90. The average Bonchev–Trinajstić information content (AvgIpc) is 3.21. The maximum atomic E-state index is 12.6. The maximum absolute atomic E-state index is 12.6. The second-order valence-electron chi connectivity index (χ2n) is 7.31. The number of carbonyl (C=O) groups excluding carboxylic acids is 2. The zero-order valence-corrected chi connectivity index (χ0v) is 17.9. The van der Waals surface area contributed by atoms with Gasteiger partial charge >= 0.3 is 0 Å². The Balaban J connectivity index is 1.38. The van der Waals surface area contributed by atoms with E-state index in [0.717, 1.165) is 16.5 Å². The molecule has 2 amide bonds. The number of sulfone groups is 1. The SMILES string of the molecule is O=C(Cc1c[nH]c2ccccc12)NNC(=O)c1cccc(CS(=O)(=O)c2ccccc2)c1. The molecule has 4 aromatic rings. The lowest BCUT2D eigenvalue weighted by atomic mass is 10.1. The van der Waals surface area contributed by atoms with Crippen LogP contribution in [-0.2, 0) is 26.8 Å². The molecule has 0 unspecified atom stereocenters. The molecular weight excluding hydrogens is 426 g/mol. The Bertz CT molecular complexity index is 1380. The van der Waals surface area contributed by atoms with Crippen molar-refractivity contribution in [3.05, 3.63) is 102 Å². The first kappa shape index (κ1) is 21.3. The minimum atomic E-state index is -3.53. The number of hydrogen-bond acceptors (Lipinski definition) is 4. The fourth-order valence-electron chi connectivity index (χ4n) is 3.43. The minimum absolute atomic E-state index is 0.0969. The maximum Gasteiger partial charge on any atom is 0.269 e. The molecule has 0 atom stereocenters. The molecule has 0 saturated heterocycles. The number of para-hydroxylation sites is 1. The molecule has 0 aliphatic carbocycles. The van der Waals surface area contributed by atoms with Crippen molar-refractivity contribution in [2.45, 2.75) is 17.1 Å². The molecule has 4 rings (SSSR count). The van der Waals surface area contributed by atoms with Gasteiger partial charge in [-0.3, -0.25) is 20.4 Å². The van der Waals surface area contributed by atoms with Crippen molar-refractivity contribution in [1.29, 1.82) is 0 Å². The first-order valence-electron chi connectivity index (χ1n) is 9.93. The van der Waals surface area contributed by atoms with Gasteiger partial charge in [0.15, 0.2) is 9.84 Å². The van der Waals surface area contributed by atoms with Crippen LogP contribution in [0.3, 0.4) is 0 Å². The molecule has 32 heavy (non-hydrogen) atoms. The second kappa shape index (κ2) is 9.07. The average molecular weight is 448 g/mol. The van der Waals surface area contributed by atoms with E-state index < -0.39 is 15.7 Å². The third-order valence-corrected chi connectivity index (χ3v) is 6.69. The quantitative estimate of drug-likeness (QED) is 0.395. The summed E-state index contributed by atoms with van der Waals surface area (Å²) in [6.07, 6.45) is 1.86. The lowest BCUT2D eigenvalue weighted by Crippen LogP contribution is -2.42. The molecule has 0 bridgehead atoms. The molecule has 0 aliphatic heterocycles. The summed E-state index contributed by atoms with van der Waals surface area (Å²) < 4.78 is 25.2. The van der Waals surface area contributed by atoms with E-state index >= 15 is 0 Å². The number of aromatic amines is 1. The number of nitrogens with one attached hydrogen (secondary N) is 3. The van der Waals surface area contributed by atoms with Crippen LogP contribution >= 0.6 is 0 Å². The van der Waals surface area contributed by atoms with E-state index in [-0.39, 0.29) is 28.5 Å². The zero-order chi connectivity index (χ0) is 22.6. The van der Waals surface area contributed by atoms with Gasteiger partial charge in [-0.25, -0.2) is 8.42 Å². The minimum Gasteiger partial charge on any atom is -0.361 e. The number of H-pyrrole nitrogens is 1. The van der Waals surface area contributed by atoms with Crippen molar-refractivity contribution in [2.75, 3.05) is 0 Å². The highest BCUT2D eigenvalue weighted by Crippen LogP contribution is 2.18. The Morgan fingerprint density at radius 1 is 0.844 bits per heavy atom. The highest BCUT2D eigenvalue weighted by Gasteiger charge is 2.16. The van der Waals surface area contributed by atoms with Crippen molar-refractivity contribution in [2.24, 2.45) is 0 Å². The fraction of sp³-hybridized carbons (Fsp3) is 0.0833. The summed E-state index contributed by atoms with van der Waals surface area (Å²) in [6, 6.07) is 22.1. The van der Waals surface area contributed by atoms with Crippen molar-refractivity contribution in [3.8, 4) is 0 Å². The van der Waals surface area contributed by atoms with Gasteiger partial charge in [-0.2, -0.15) is 0 Å². The summed E-state index contributed by atoms with van der Waals surface area (Å²) in [5, 5.41) is 0.946. The Kier molecular flexibility index (Phi) is 6.04. The highest BCUT2D eigenvalue weighted by atomic mass is 32.2. The van der Waals surface area contributed by atoms with Gasteiger partial charge < -0.3 is 4.98 Å². The normalized spacial score (nSPS) is 11.2. The van der Waals surface area contributed by atoms with E-state index in [1.807, 2.05) is 24.3 Å². The van der Waals surface area contributed by atoms with Gasteiger partial charge in [-0.1, -0.05) is 48.5 Å². The molecule has 1 aromatic heterocycles. The summed E-state index contributed by atoms with van der Waals surface area (Å²) in [5.41, 5.74) is 7.27. The Morgan fingerprint density at radius 3 is 2.41 bits per heavy atom. The van der Waals surface area contributed by atoms with Crippen LogP contribution in [0.25, 0.3) is 10.9 Å². The molecule has 0 radical (unpaired) electrons. The Morgan fingerprint density at radius 2 is 1.59 bits per heavy atom. The number of benzene rings is 3. The molecule has 3 N–H and O–H groups in total. The Labute approximate surface area is 185 Å². The first-order chi connectivity index (χ1) is 15.4. The molecule has 7 nitrogen and oxygen atoms in total. The number of hydrazine groups is 1. The van der Waals surface area contributed by atoms with Crippen LogP contribution in [0.5, 0.6) is 0 Å². The largest absolute Gasteiger partial charge is 0.361 e. The molecule has 0 saturated carbocycles. The molecule has 3 aromatic carbocycles. The van der Waals surface area contributed by atoms with Gasteiger partial charge in [0, 0.05) is 22.7 Å². The fourth-order valence-corrected chi connectivity index (χ4v) is 4.78. The van der Waals surface area contributed by atoms with Crippen LogP contribution in [0.4, 0.5) is 0 Å². The summed E-state index contributed by atoms with van der Waals surface area (Å²) in [7, 11) is -3.53. The number of aromatic nitrogens is 1. The predicted octanol–water partition coefficient (Wildman–Crippen LogP) is 3.15. The predicted molar refractivity (Wildman–Crippen MR) is 121 cm³/mol. The van der Waals surface area contributed by atoms with Crippen molar-refractivity contribution in [1.82, 2.24) is 15.8 Å². The number of hydrogen-bond donors (Lipinski definition) is 3. The van der Waals surface area contributed by atoms with E-state index in [9.17, 15) is 18.0 Å². The molecule has 0 aliphatic rings. The van der Waals surface area contributed by atoms with E-state index in [4.69, 9.17) is 0 Å². The van der Waals surface area contributed by atoms with Gasteiger partial charge in [-0.15, -0.1) is 0 Å². The topological polar surface area (TPSA) is 108 Å². The van der Waals surface area contributed by atoms with E-state index in [1.54, 1.807) is 42.6 Å². The lowest BCUT2D eigenvalue weighted by Gasteiger charge is -2.09.